The number of carbonyl (C=O) groups excluding carboxylic acids is 2. The first kappa shape index (κ1) is 14.2. The fourth-order valence-electron chi connectivity index (χ4n) is 2.73. The molecule has 1 saturated carbocycles. The van der Waals surface area contributed by atoms with Crippen LogP contribution in [0.3, 0.4) is 0 Å². The summed E-state index contributed by atoms with van der Waals surface area (Å²) >= 11 is 0. The van der Waals surface area contributed by atoms with Crippen molar-refractivity contribution in [2.45, 2.75) is 58.6 Å². The standard InChI is InChI=1S/C14H24N2O3/c1-10(15-12(18)19-13(2,3)4)11(17)16-8-14(9-16)6-5-7-14/h10H,5-9H2,1-4H3,(H,15,18)/t10-/m1/s1. The molecule has 2 fully saturated rings. The van der Waals surface area contributed by atoms with Crippen LogP contribution in [0.4, 0.5) is 4.79 Å². The van der Waals surface area contributed by atoms with E-state index in [-0.39, 0.29) is 5.91 Å². The number of amides is 2. The lowest BCUT2D eigenvalue weighted by molar-refractivity contribution is -0.151. The van der Waals surface area contributed by atoms with Gasteiger partial charge in [0.15, 0.2) is 0 Å². The normalized spacial score (nSPS) is 22.2. The fourth-order valence-corrected chi connectivity index (χ4v) is 2.73. The molecular formula is C14H24N2O3. The van der Waals surface area contributed by atoms with Gasteiger partial charge in [-0.05, 0) is 40.5 Å². The number of likely N-dealkylation sites (tertiary alicyclic amines) is 1. The highest BCUT2D eigenvalue weighted by atomic mass is 16.6. The lowest BCUT2D eigenvalue weighted by Gasteiger charge is -2.56. The van der Waals surface area contributed by atoms with E-state index in [1.165, 1.54) is 19.3 Å². The van der Waals surface area contributed by atoms with Gasteiger partial charge in [-0.3, -0.25) is 4.79 Å². The van der Waals surface area contributed by atoms with Crippen LogP contribution in [0.5, 0.6) is 0 Å². The molecule has 1 spiro atoms. The van der Waals surface area contributed by atoms with Crippen LogP contribution >= 0.6 is 0 Å². The van der Waals surface area contributed by atoms with Gasteiger partial charge in [-0.2, -0.15) is 0 Å². The number of hydrogen-bond donors (Lipinski definition) is 1. The first-order valence-electron chi connectivity index (χ1n) is 6.99. The molecule has 5 heteroatoms. The predicted molar refractivity (Wildman–Crippen MR) is 71.7 cm³/mol. The van der Waals surface area contributed by atoms with Crippen molar-refractivity contribution in [2.75, 3.05) is 13.1 Å². The molecule has 1 aliphatic carbocycles. The van der Waals surface area contributed by atoms with Gasteiger partial charge in [0.2, 0.25) is 5.91 Å². The van der Waals surface area contributed by atoms with Crippen molar-refractivity contribution in [1.82, 2.24) is 10.2 Å². The third-order valence-corrected chi connectivity index (χ3v) is 3.88. The van der Waals surface area contributed by atoms with Crippen molar-refractivity contribution >= 4 is 12.0 Å². The van der Waals surface area contributed by atoms with E-state index < -0.39 is 17.7 Å². The molecule has 2 amide bonds. The van der Waals surface area contributed by atoms with Crippen molar-refractivity contribution in [3.63, 3.8) is 0 Å². The van der Waals surface area contributed by atoms with Crippen LogP contribution in [-0.4, -0.2) is 41.6 Å². The Morgan fingerprint density at radius 1 is 1.26 bits per heavy atom. The van der Waals surface area contributed by atoms with Gasteiger partial charge in [0.05, 0.1) is 0 Å². The number of nitrogens with one attached hydrogen (secondary N) is 1. The van der Waals surface area contributed by atoms with E-state index >= 15 is 0 Å². The van der Waals surface area contributed by atoms with Crippen LogP contribution in [-0.2, 0) is 9.53 Å². The molecule has 0 radical (unpaired) electrons. The summed E-state index contributed by atoms with van der Waals surface area (Å²) in [5.41, 5.74) is -0.124. The number of ether oxygens (including phenoxy) is 1. The summed E-state index contributed by atoms with van der Waals surface area (Å²) in [6, 6.07) is -0.521. The highest BCUT2D eigenvalue weighted by Crippen LogP contribution is 2.48. The first-order valence-corrected chi connectivity index (χ1v) is 6.99. The maximum Gasteiger partial charge on any atom is 0.408 e. The Bertz CT molecular complexity index is 375. The third kappa shape index (κ3) is 3.19. The third-order valence-electron chi connectivity index (χ3n) is 3.88. The highest BCUT2D eigenvalue weighted by molar-refractivity contribution is 5.86. The van der Waals surface area contributed by atoms with E-state index in [0.29, 0.717) is 5.41 Å². The van der Waals surface area contributed by atoms with Gasteiger partial charge in [-0.15, -0.1) is 0 Å². The monoisotopic (exact) mass is 268 g/mol. The molecule has 2 aliphatic rings. The van der Waals surface area contributed by atoms with Crippen LogP contribution in [0.25, 0.3) is 0 Å². The zero-order chi connectivity index (χ0) is 14.3. The van der Waals surface area contributed by atoms with Gasteiger partial charge in [0, 0.05) is 18.5 Å². The highest BCUT2D eigenvalue weighted by Gasteiger charge is 2.49. The van der Waals surface area contributed by atoms with Gasteiger partial charge in [0.25, 0.3) is 0 Å². The van der Waals surface area contributed by atoms with Crippen LogP contribution in [0.2, 0.25) is 0 Å². The molecule has 0 bridgehead atoms. The van der Waals surface area contributed by atoms with E-state index in [1.807, 2.05) is 4.90 Å². The maximum atomic E-state index is 12.1. The van der Waals surface area contributed by atoms with Crippen molar-refractivity contribution in [1.29, 1.82) is 0 Å². The smallest absolute Gasteiger partial charge is 0.408 e. The van der Waals surface area contributed by atoms with E-state index in [4.69, 9.17) is 4.74 Å². The minimum atomic E-state index is -0.542. The molecule has 1 aliphatic heterocycles. The Hall–Kier alpha value is -1.26. The van der Waals surface area contributed by atoms with Gasteiger partial charge in [0.1, 0.15) is 11.6 Å². The number of nitrogens with zero attached hydrogens (tertiary/aromatic N) is 1. The summed E-state index contributed by atoms with van der Waals surface area (Å²) in [5, 5.41) is 2.60. The molecule has 19 heavy (non-hydrogen) atoms. The lowest BCUT2D eigenvalue weighted by Crippen LogP contribution is -2.64. The summed E-state index contributed by atoms with van der Waals surface area (Å²) in [7, 11) is 0. The van der Waals surface area contributed by atoms with Gasteiger partial charge in [-0.1, -0.05) is 6.42 Å². The number of carbonyl (C=O) groups is 2. The molecule has 0 aromatic rings. The number of hydrogen-bond acceptors (Lipinski definition) is 3. The summed E-state index contributed by atoms with van der Waals surface area (Å²) in [6.45, 7) is 8.81. The molecule has 0 aromatic heterocycles. The predicted octanol–water partition coefficient (Wildman–Crippen LogP) is 1.91. The van der Waals surface area contributed by atoms with E-state index in [0.717, 1.165) is 13.1 Å². The summed E-state index contributed by atoms with van der Waals surface area (Å²) in [4.78, 5) is 25.5. The zero-order valence-corrected chi connectivity index (χ0v) is 12.3. The molecule has 0 unspecified atom stereocenters. The molecule has 1 atom stereocenters. The Balaban J connectivity index is 1.75. The molecular weight excluding hydrogens is 244 g/mol. The lowest BCUT2D eigenvalue weighted by atomic mass is 9.63. The van der Waals surface area contributed by atoms with E-state index in [9.17, 15) is 9.59 Å². The van der Waals surface area contributed by atoms with Crippen molar-refractivity contribution < 1.29 is 14.3 Å². The first-order chi connectivity index (χ1) is 8.71. The van der Waals surface area contributed by atoms with E-state index in [2.05, 4.69) is 5.32 Å². The molecule has 1 N–H and O–H groups in total. The molecule has 2 rings (SSSR count). The summed E-state index contributed by atoms with van der Waals surface area (Å²) in [5.74, 6) is -0.0108. The summed E-state index contributed by atoms with van der Waals surface area (Å²) in [6.07, 6.45) is 3.23. The van der Waals surface area contributed by atoms with Gasteiger partial charge in [-0.25, -0.2) is 4.79 Å². The Morgan fingerprint density at radius 2 is 1.84 bits per heavy atom. The van der Waals surface area contributed by atoms with E-state index in [1.54, 1.807) is 27.7 Å². The molecule has 0 aromatic carbocycles. The van der Waals surface area contributed by atoms with Crippen LogP contribution in [0.1, 0.15) is 47.0 Å². The Kier molecular flexibility index (Phi) is 3.49. The number of alkyl carbamates (subject to hydrolysis) is 1. The second-order valence-corrected chi connectivity index (χ2v) is 6.92. The van der Waals surface area contributed by atoms with Crippen LogP contribution in [0, 0.1) is 5.41 Å². The average Bonchev–Trinajstić information content (AvgIpc) is 2.08. The Morgan fingerprint density at radius 3 is 2.26 bits per heavy atom. The van der Waals surface area contributed by atoms with Crippen molar-refractivity contribution in [2.24, 2.45) is 5.41 Å². The van der Waals surface area contributed by atoms with Gasteiger partial charge >= 0.3 is 6.09 Å². The van der Waals surface area contributed by atoms with Crippen molar-refractivity contribution in [3.8, 4) is 0 Å². The minimum absolute atomic E-state index is 0.0108. The summed E-state index contributed by atoms with van der Waals surface area (Å²) < 4.78 is 5.14. The second-order valence-electron chi connectivity index (χ2n) is 6.92. The average molecular weight is 268 g/mol. The molecule has 5 nitrogen and oxygen atoms in total. The topological polar surface area (TPSA) is 58.6 Å². The molecule has 108 valence electrons. The Labute approximate surface area is 114 Å². The largest absolute Gasteiger partial charge is 0.444 e. The van der Waals surface area contributed by atoms with Gasteiger partial charge < -0.3 is 15.0 Å². The maximum absolute atomic E-state index is 12.1. The fraction of sp³-hybridized carbons (Fsp3) is 0.857. The molecule has 1 heterocycles. The van der Waals surface area contributed by atoms with Crippen molar-refractivity contribution in [3.05, 3.63) is 0 Å². The van der Waals surface area contributed by atoms with Crippen LogP contribution in [0.15, 0.2) is 0 Å². The number of rotatable bonds is 2. The SMILES string of the molecule is C[C@@H](NC(=O)OC(C)(C)C)C(=O)N1CC2(CCC2)C1. The minimum Gasteiger partial charge on any atom is -0.444 e. The quantitative estimate of drug-likeness (QED) is 0.832. The zero-order valence-electron chi connectivity index (χ0n) is 12.3. The van der Waals surface area contributed by atoms with Crippen LogP contribution < -0.4 is 5.32 Å². The second kappa shape index (κ2) is 4.69. The molecule has 1 saturated heterocycles.